The number of halogens is 2. The Morgan fingerprint density at radius 2 is 1.90 bits per heavy atom. The topological polar surface area (TPSA) is 58.6 Å². The van der Waals surface area contributed by atoms with Gasteiger partial charge in [0.15, 0.2) is 0 Å². The summed E-state index contributed by atoms with van der Waals surface area (Å²) < 4.78 is 6.36. The van der Waals surface area contributed by atoms with Gasteiger partial charge in [-0.15, -0.1) is 0 Å². The van der Waals surface area contributed by atoms with Crippen molar-refractivity contribution in [3.63, 3.8) is 0 Å². The average molecular weight is 456 g/mol. The monoisotopic (exact) mass is 455 g/mol. The van der Waals surface area contributed by atoms with Gasteiger partial charge in [-0.2, -0.15) is 0 Å². The zero-order valence-electron chi connectivity index (χ0n) is 17.1. The molecule has 3 aromatic carbocycles. The van der Waals surface area contributed by atoms with E-state index in [0.29, 0.717) is 22.9 Å². The second-order valence-electron chi connectivity index (χ2n) is 7.94. The van der Waals surface area contributed by atoms with Crippen molar-refractivity contribution in [2.45, 2.75) is 38.3 Å². The second-order valence-corrected chi connectivity index (χ2v) is 8.78. The first kappa shape index (κ1) is 21.5. The van der Waals surface area contributed by atoms with Gasteiger partial charge >= 0.3 is 6.09 Å². The van der Waals surface area contributed by atoms with E-state index in [-0.39, 0.29) is 12.1 Å². The van der Waals surface area contributed by atoms with Crippen molar-refractivity contribution in [1.82, 2.24) is 5.32 Å². The van der Waals surface area contributed by atoms with Crippen LogP contribution >= 0.6 is 23.2 Å². The summed E-state index contributed by atoms with van der Waals surface area (Å²) >= 11 is 12.7. The number of hydrogen-bond donors (Lipinski definition) is 2. The van der Waals surface area contributed by atoms with Crippen molar-refractivity contribution in [2.75, 3.05) is 0 Å². The highest BCUT2D eigenvalue weighted by atomic mass is 35.5. The molecule has 4 nitrogen and oxygen atoms in total. The standard InChI is InChI=1S/C25H23Cl2NO3/c1-15-9-17-12-20(14-19(28-25(29)30)11-16-5-3-2-4-6-16)31-24(17)22(10-15)21-13-18(26)7-8-23(21)27/h2-10,13,19-20,28H,11-12,14H2,1H3,(H,29,30). The zero-order valence-corrected chi connectivity index (χ0v) is 18.6. The first-order valence-corrected chi connectivity index (χ1v) is 10.9. The Hall–Kier alpha value is -2.69. The highest BCUT2D eigenvalue weighted by Crippen LogP contribution is 2.43. The largest absolute Gasteiger partial charge is 0.489 e. The molecule has 31 heavy (non-hydrogen) atoms. The van der Waals surface area contributed by atoms with Crippen LogP contribution in [0.25, 0.3) is 11.1 Å². The van der Waals surface area contributed by atoms with Gasteiger partial charge in [-0.05, 0) is 54.3 Å². The van der Waals surface area contributed by atoms with Crippen LogP contribution in [0.4, 0.5) is 4.79 Å². The van der Waals surface area contributed by atoms with Gasteiger partial charge in [0.25, 0.3) is 0 Å². The third-order valence-corrected chi connectivity index (χ3v) is 6.03. The molecular weight excluding hydrogens is 433 g/mol. The molecule has 160 valence electrons. The van der Waals surface area contributed by atoms with E-state index in [1.54, 1.807) is 12.1 Å². The predicted molar refractivity (Wildman–Crippen MR) is 124 cm³/mol. The van der Waals surface area contributed by atoms with Crippen LogP contribution in [-0.2, 0) is 12.8 Å². The van der Waals surface area contributed by atoms with Gasteiger partial charge in [0.05, 0.1) is 0 Å². The zero-order chi connectivity index (χ0) is 22.0. The van der Waals surface area contributed by atoms with E-state index in [9.17, 15) is 9.90 Å². The van der Waals surface area contributed by atoms with Crippen molar-refractivity contribution < 1.29 is 14.6 Å². The van der Waals surface area contributed by atoms with Crippen molar-refractivity contribution in [3.05, 3.63) is 87.4 Å². The highest BCUT2D eigenvalue weighted by Gasteiger charge is 2.30. The lowest BCUT2D eigenvalue weighted by atomic mass is 9.95. The number of fused-ring (bicyclic) bond motifs is 1. The minimum atomic E-state index is -1.03. The first-order valence-electron chi connectivity index (χ1n) is 10.2. The van der Waals surface area contributed by atoms with Crippen LogP contribution in [0.5, 0.6) is 5.75 Å². The van der Waals surface area contributed by atoms with Crippen LogP contribution in [0.3, 0.4) is 0 Å². The second kappa shape index (κ2) is 9.21. The minimum absolute atomic E-state index is 0.130. The summed E-state index contributed by atoms with van der Waals surface area (Å²) in [5.74, 6) is 0.800. The highest BCUT2D eigenvalue weighted by molar-refractivity contribution is 6.35. The number of hydrogen-bond acceptors (Lipinski definition) is 2. The summed E-state index contributed by atoms with van der Waals surface area (Å²) in [6.07, 6.45) is 0.731. The average Bonchev–Trinajstić information content (AvgIpc) is 3.11. The Morgan fingerprint density at radius 1 is 1.13 bits per heavy atom. The van der Waals surface area contributed by atoms with E-state index in [2.05, 4.69) is 17.4 Å². The van der Waals surface area contributed by atoms with Gasteiger partial charge in [-0.1, -0.05) is 59.6 Å². The smallest absolute Gasteiger partial charge is 0.404 e. The lowest BCUT2D eigenvalue weighted by Gasteiger charge is -2.21. The maximum absolute atomic E-state index is 11.4. The normalized spacial score (nSPS) is 15.8. The Morgan fingerprint density at radius 3 is 2.65 bits per heavy atom. The number of ether oxygens (including phenoxy) is 1. The Bertz CT molecular complexity index is 1100. The van der Waals surface area contributed by atoms with Crippen LogP contribution < -0.4 is 10.1 Å². The lowest BCUT2D eigenvalue weighted by molar-refractivity contribution is 0.175. The van der Waals surface area contributed by atoms with Crippen LogP contribution in [0.15, 0.2) is 60.7 Å². The molecule has 0 bridgehead atoms. The molecule has 0 aromatic heterocycles. The molecule has 0 radical (unpaired) electrons. The third kappa shape index (κ3) is 5.15. The molecule has 2 atom stereocenters. The fraction of sp³-hybridized carbons (Fsp3) is 0.240. The molecule has 1 heterocycles. The van der Waals surface area contributed by atoms with Crippen LogP contribution in [0, 0.1) is 6.92 Å². The quantitative estimate of drug-likeness (QED) is 0.443. The van der Waals surface area contributed by atoms with Gasteiger partial charge < -0.3 is 15.2 Å². The van der Waals surface area contributed by atoms with Crippen LogP contribution in [-0.4, -0.2) is 23.3 Å². The van der Waals surface area contributed by atoms with Crippen LogP contribution in [0.1, 0.15) is 23.1 Å². The minimum Gasteiger partial charge on any atom is -0.489 e. The van der Waals surface area contributed by atoms with Gasteiger partial charge in [-0.25, -0.2) is 4.79 Å². The van der Waals surface area contributed by atoms with E-state index in [1.165, 1.54) is 0 Å². The van der Waals surface area contributed by atoms with Gasteiger partial charge in [0, 0.05) is 40.1 Å². The molecule has 0 spiro atoms. The number of amides is 1. The molecule has 3 aromatic rings. The number of carboxylic acid groups (broad SMARTS) is 1. The summed E-state index contributed by atoms with van der Waals surface area (Å²) in [4.78, 5) is 11.4. The van der Waals surface area contributed by atoms with Crippen molar-refractivity contribution in [3.8, 4) is 16.9 Å². The van der Waals surface area contributed by atoms with Crippen molar-refractivity contribution in [1.29, 1.82) is 0 Å². The summed E-state index contributed by atoms with van der Waals surface area (Å²) in [6, 6.07) is 19.2. The first-order chi connectivity index (χ1) is 14.9. The Kier molecular flexibility index (Phi) is 6.40. The SMILES string of the molecule is Cc1cc2c(c(-c3cc(Cl)ccc3Cl)c1)OC(CC(Cc1ccccc1)NC(=O)O)C2. The number of nitrogens with one attached hydrogen (secondary N) is 1. The fourth-order valence-corrected chi connectivity index (χ4v) is 4.60. The van der Waals surface area contributed by atoms with Gasteiger partial charge in [0.2, 0.25) is 0 Å². The summed E-state index contributed by atoms with van der Waals surface area (Å²) in [5.41, 5.74) is 5.04. The summed E-state index contributed by atoms with van der Waals surface area (Å²) in [7, 11) is 0. The van der Waals surface area contributed by atoms with E-state index < -0.39 is 6.09 Å². The predicted octanol–water partition coefficient (Wildman–Crippen LogP) is 6.54. The molecule has 0 fully saturated rings. The van der Waals surface area contributed by atoms with E-state index >= 15 is 0 Å². The molecule has 6 heteroatoms. The molecule has 1 aliphatic rings. The fourth-order valence-electron chi connectivity index (χ4n) is 4.21. The van der Waals surface area contributed by atoms with Gasteiger partial charge in [-0.3, -0.25) is 0 Å². The van der Waals surface area contributed by atoms with Crippen LogP contribution in [0.2, 0.25) is 10.0 Å². The Balaban J connectivity index is 1.58. The van der Waals surface area contributed by atoms with E-state index in [4.69, 9.17) is 27.9 Å². The molecule has 2 N–H and O–H groups in total. The van der Waals surface area contributed by atoms with Crippen molar-refractivity contribution >= 4 is 29.3 Å². The lowest BCUT2D eigenvalue weighted by Crippen LogP contribution is -2.39. The summed E-state index contributed by atoms with van der Waals surface area (Å²) in [5, 5.41) is 13.2. The molecule has 4 rings (SSSR count). The third-order valence-electron chi connectivity index (χ3n) is 5.46. The van der Waals surface area contributed by atoms with Gasteiger partial charge in [0.1, 0.15) is 11.9 Å². The summed E-state index contributed by atoms with van der Waals surface area (Å²) in [6.45, 7) is 2.04. The molecule has 0 saturated carbocycles. The maximum Gasteiger partial charge on any atom is 0.404 e. The number of benzene rings is 3. The number of carbonyl (C=O) groups is 1. The van der Waals surface area contributed by atoms with E-state index in [1.807, 2.05) is 43.3 Å². The van der Waals surface area contributed by atoms with Crippen molar-refractivity contribution in [2.24, 2.45) is 0 Å². The Labute approximate surface area is 191 Å². The molecule has 1 aliphatic heterocycles. The number of rotatable bonds is 6. The molecular formula is C25H23Cl2NO3. The molecule has 2 unspecified atom stereocenters. The maximum atomic E-state index is 11.4. The van der Waals surface area contributed by atoms with E-state index in [0.717, 1.165) is 40.0 Å². The molecule has 0 saturated heterocycles. The number of aryl methyl sites for hydroxylation is 1. The molecule has 1 amide bonds. The molecule has 0 aliphatic carbocycles.